The standard InChI is InChI=1S/C9H14N2O2/c1-9(2,3)8(12)10-4-7-5-13-6-11-7/h5-6H,4H2,1-3H3,(H,10,12). The highest BCUT2D eigenvalue weighted by molar-refractivity contribution is 5.81. The van der Waals surface area contributed by atoms with Crippen LogP contribution < -0.4 is 5.32 Å². The minimum atomic E-state index is -0.357. The summed E-state index contributed by atoms with van der Waals surface area (Å²) in [6.45, 7) is 6.02. The molecule has 0 saturated carbocycles. The molecule has 4 nitrogen and oxygen atoms in total. The lowest BCUT2D eigenvalue weighted by molar-refractivity contribution is -0.128. The fourth-order valence-electron chi connectivity index (χ4n) is 0.761. The van der Waals surface area contributed by atoms with E-state index in [-0.39, 0.29) is 11.3 Å². The zero-order valence-electron chi connectivity index (χ0n) is 8.13. The Morgan fingerprint density at radius 2 is 2.31 bits per heavy atom. The van der Waals surface area contributed by atoms with Crippen molar-refractivity contribution in [3.8, 4) is 0 Å². The molecule has 0 saturated heterocycles. The van der Waals surface area contributed by atoms with Crippen LogP contribution in [0.5, 0.6) is 0 Å². The van der Waals surface area contributed by atoms with Gasteiger partial charge in [0.2, 0.25) is 5.91 Å². The molecule has 0 aliphatic carbocycles. The summed E-state index contributed by atoms with van der Waals surface area (Å²) in [5.74, 6) is 0.00972. The molecule has 0 aromatic carbocycles. The van der Waals surface area contributed by atoms with Gasteiger partial charge in [-0.2, -0.15) is 0 Å². The van der Waals surface area contributed by atoms with Gasteiger partial charge in [0, 0.05) is 5.41 Å². The first-order valence-corrected chi connectivity index (χ1v) is 4.15. The molecular formula is C9H14N2O2. The minimum absolute atomic E-state index is 0.00972. The van der Waals surface area contributed by atoms with Gasteiger partial charge in [0.05, 0.1) is 12.2 Å². The Morgan fingerprint density at radius 1 is 1.62 bits per heavy atom. The van der Waals surface area contributed by atoms with Crippen molar-refractivity contribution in [2.75, 3.05) is 0 Å². The first-order valence-electron chi connectivity index (χ1n) is 4.15. The molecule has 1 heterocycles. The van der Waals surface area contributed by atoms with Gasteiger partial charge < -0.3 is 9.73 Å². The molecule has 0 radical (unpaired) electrons. The summed E-state index contributed by atoms with van der Waals surface area (Å²) < 4.78 is 4.77. The highest BCUT2D eigenvalue weighted by Crippen LogP contribution is 2.12. The maximum Gasteiger partial charge on any atom is 0.225 e. The Morgan fingerprint density at radius 3 is 2.77 bits per heavy atom. The van der Waals surface area contributed by atoms with E-state index in [1.165, 1.54) is 12.7 Å². The molecule has 0 spiro atoms. The third-order valence-corrected chi connectivity index (χ3v) is 1.59. The molecule has 13 heavy (non-hydrogen) atoms. The summed E-state index contributed by atoms with van der Waals surface area (Å²) in [7, 11) is 0. The highest BCUT2D eigenvalue weighted by Gasteiger charge is 2.20. The smallest absolute Gasteiger partial charge is 0.225 e. The van der Waals surface area contributed by atoms with E-state index in [0.29, 0.717) is 6.54 Å². The van der Waals surface area contributed by atoms with Crippen LogP contribution in [0.15, 0.2) is 17.1 Å². The van der Waals surface area contributed by atoms with E-state index in [2.05, 4.69) is 10.3 Å². The van der Waals surface area contributed by atoms with E-state index < -0.39 is 0 Å². The van der Waals surface area contributed by atoms with Crippen LogP contribution in [0.25, 0.3) is 0 Å². The molecule has 4 heteroatoms. The maximum absolute atomic E-state index is 11.4. The molecule has 1 rings (SSSR count). The highest BCUT2D eigenvalue weighted by atomic mass is 16.3. The first-order chi connectivity index (χ1) is 6.00. The lowest BCUT2D eigenvalue weighted by atomic mass is 9.96. The first kappa shape index (κ1) is 9.77. The van der Waals surface area contributed by atoms with Crippen molar-refractivity contribution in [1.82, 2.24) is 10.3 Å². The van der Waals surface area contributed by atoms with Gasteiger partial charge >= 0.3 is 0 Å². The van der Waals surface area contributed by atoms with Crippen LogP contribution in [-0.2, 0) is 11.3 Å². The molecule has 0 fully saturated rings. The van der Waals surface area contributed by atoms with Crippen molar-refractivity contribution in [3.63, 3.8) is 0 Å². The predicted molar refractivity (Wildman–Crippen MR) is 47.8 cm³/mol. The van der Waals surface area contributed by atoms with Crippen LogP contribution in [0.2, 0.25) is 0 Å². The molecule has 0 bridgehead atoms. The Kier molecular flexibility index (Phi) is 2.70. The van der Waals surface area contributed by atoms with Crippen molar-refractivity contribution in [1.29, 1.82) is 0 Å². The van der Waals surface area contributed by atoms with Gasteiger partial charge in [0.15, 0.2) is 6.39 Å². The van der Waals surface area contributed by atoms with E-state index in [9.17, 15) is 4.79 Å². The summed E-state index contributed by atoms with van der Waals surface area (Å²) in [5, 5.41) is 2.76. The second kappa shape index (κ2) is 3.60. The zero-order chi connectivity index (χ0) is 9.90. The topological polar surface area (TPSA) is 55.1 Å². The molecule has 0 unspecified atom stereocenters. The average molecular weight is 182 g/mol. The number of nitrogens with one attached hydrogen (secondary N) is 1. The van der Waals surface area contributed by atoms with Gasteiger partial charge in [0.25, 0.3) is 0 Å². The van der Waals surface area contributed by atoms with Crippen molar-refractivity contribution < 1.29 is 9.21 Å². The number of amides is 1. The number of carbonyl (C=O) groups is 1. The number of hydrogen-bond donors (Lipinski definition) is 1. The lowest BCUT2D eigenvalue weighted by Crippen LogP contribution is -2.34. The number of carbonyl (C=O) groups excluding carboxylic acids is 1. The fraction of sp³-hybridized carbons (Fsp3) is 0.556. The Balaban J connectivity index is 2.40. The second-order valence-corrected chi connectivity index (χ2v) is 3.91. The largest absolute Gasteiger partial charge is 0.451 e. The molecule has 0 aliphatic rings. The summed E-state index contributed by atoms with van der Waals surface area (Å²) in [5.41, 5.74) is 0.376. The monoisotopic (exact) mass is 182 g/mol. The quantitative estimate of drug-likeness (QED) is 0.750. The van der Waals surface area contributed by atoms with E-state index in [1.807, 2.05) is 20.8 Å². The van der Waals surface area contributed by atoms with Crippen molar-refractivity contribution in [2.24, 2.45) is 5.41 Å². The van der Waals surface area contributed by atoms with Gasteiger partial charge in [0.1, 0.15) is 6.26 Å². The molecular weight excluding hydrogens is 168 g/mol. The van der Waals surface area contributed by atoms with Crippen molar-refractivity contribution >= 4 is 5.91 Å². The van der Waals surface area contributed by atoms with Gasteiger partial charge in [-0.1, -0.05) is 20.8 Å². The molecule has 0 atom stereocenters. The Labute approximate surface area is 77.3 Å². The third kappa shape index (κ3) is 2.89. The lowest BCUT2D eigenvalue weighted by Gasteiger charge is -2.16. The summed E-state index contributed by atoms with van der Waals surface area (Å²) in [6.07, 6.45) is 2.86. The van der Waals surface area contributed by atoms with Gasteiger partial charge in [-0.3, -0.25) is 4.79 Å². The van der Waals surface area contributed by atoms with E-state index in [1.54, 1.807) is 0 Å². The zero-order valence-corrected chi connectivity index (χ0v) is 8.13. The number of nitrogens with zero attached hydrogens (tertiary/aromatic N) is 1. The number of rotatable bonds is 2. The number of oxazole rings is 1. The van der Waals surface area contributed by atoms with Gasteiger partial charge in [-0.25, -0.2) is 4.98 Å². The third-order valence-electron chi connectivity index (χ3n) is 1.59. The summed E-state index contributed by atoms with van der Waals surface area (Å²) in [4.78, 5) is 15.3. The summed E-state index contributed by atoms with van der Waals surface area (Å²) >= 11 is 0. The molecule has 1 aromatic rings. The Bertz CT molecular complexity index is 272. The van der Waals surface area contributed by atoms with Crippen LogP contribution in [0.3, 0.4) is 0 Å². The summed E-state index contributed by atoms with van der Waals surface area (Å²) in [6, 6.07) is 0. The van der Waals surface area contributed by atoms with Crippen molar-refractivity contribution in [3.05, 3.63) is 18.4 Å². The normalized spacial score (nSPS) is 11.3. The van der Waals surface area contributed by atoms with E-state index in [0.717, 1.165) is 5.69 Å². The van der Waals surface area contributed by atoms with Crippen LogP contribution in [0, 0.1) is 5.41 Å². The Hall–Kier alpha value is -1.32. The predicted octanol–water partition coefficient (Wildman–Crippen LogP) is 1.34. The van der Waals surface area contributed by atoms with Crippen LogP contribution in [0.1, 0.15) is 26.5 Å². The fourth-order valence-corrected chi connectivity index (χ4v) is 0.761. The van der Waals surface area contributed by atoms with Crippen LogP contribution in [0.4, 0.5) is 0 Å². The number of hydrogen-bond acceptors (Lipinski definition) is 3. The van der Waals surface area contributed by atoms with Crippen LogP contribution in [-0.4, -0.2) is 10.9 Å². The molecule has 72 valence electrons. The van der Waals surface area contributed by atoms with Crippen molar-refractivity contribution in [2.45, 2.75) is 27.3 Å². The minimum Gasteiger partial charge on any atom is -0.451 e. The SMILES string of the molecule is CC(C)(C)C(=O)NCc1cocn1. The van der Waals surface area contributed by atoms with E-state index >= 15 is 0 Å². The van der Waals surface area contributed by atoms with Gasteiger partial charge in [-0.15, -0.1) is 0 Å². The maximum atomic E-state index is 11.4. The number of aromatic nitrogens is 1. The molecule has 0 aliphatic heterocycles. The average Bonchev–Trinajstić information content (AvgIpc) is 2.50. The second-order valence-electron chi connectivity index (χ2n) is 3.91. The molecule has 1 amide bonds. The van der Waals surface area contributed by atoms with Gasteiger partial charge in [-0.05, 0) is 0 Å². The molecule has 1 aromatic heterocycles. The van der Waals surface area contributed by atoms with E-state index in [4.69, 9.17) is 4.42 Å². The van der Waals surface area contributed by atoms with Crippen LogP contribution >= 0.6 is 0 Å². The molecule has 1 N–H and O–H groups in total.